The molecule has 0 aromatic rings. The second-order valence-corrected chi connectivity index (χ2v) is 4.38. The van der Waals surface area contributed by atoms with Crippen molar-refractivity contribution in [1.82, 2.24) is 10.2 Å². The highest BCUT2D eigenvalue weighted by Crippen LogP contribution is 2.22. The highest BCUT2D eigenvalue weighted by molar-refractivity contribution is 5.87. The van der Waals surface area contributed by atoms with Crippen LogP contribution in [0.25, 0.3) is 0 Å². The quantitative estimate of drug-likeness (QED) is 0.714. The lowest BCUT2D eigenvalue weighted by molar-refractivity contribution is -0.116. The van der Waals surface area contributed by atoms with Gasteiger partial charge in [0, 0.05) is 19.1 Å². The van der Waals surface area contributed by atoms with Crippen LogP contribution in [0.15, 0.2) is 12.2 Å². The zero-order chi connectivity index (χ0) is 11.3. The third-order valence-electron chi connectivity index (χ3n) is 3.01. The van der Waals surface area contributed by atoms with Gasteiger partial charge in [0.2, 0.25) is 5.91 Å². The number of rotatable bonds is 4. The summed E-state index contributed by atoms with van der Waals surface area (Å²) in [5.41, 5.74) is 0. The summed E-state index contributed by atoms with van der Waals surface area (Å²) in [5, 5.41) is 2.58. The third-order valence-corrected chi connectivity index (χ3v) is 3.01. The van der Waals surface area contributed by atoms with Crippen molar-refractivity contribution in [2.45, 2.75) is 45.2 Å². The van der Waals surface area contributed by atoms with E-state index in [1.165, 1.54) is 19.4 Å². The molecule has 1 fully saturated rings. The Morgan fingerprint density at radius 2 is 2.33 bits per heavy atom. The molecule has 15 heavy (non-hydrogen) atoms. The van der Waals surface area contributed by atoms with Crippen molar-refractivity contribution in [2.75, 3.05) is 13.6 Å². The number of carbonyl (C=O) groups is 1. The van der Waals surface area contributed by atoms with Crippen LogP contribution in [0.5, 0.6) is 0 Å². The molecule has 3 nitrogen and oxygen atoms in total. The van der Waals surface area contributed by atoms with Crippen molar-refractivity contribution in [3.05, 3.63) is 12.2 Å². The average molecular weight is 210 g/mol. The highest BCUT2D eigenvalue weighted by Gasteiger charge is 2.24. The predicted molar refractivity (Wildman–Crippen MR) is 62.7 cm³/mol. The number of nitrogens with zero attached hydrogens (tertiary/aromatic N) is 1. The van der Waals surface area contributed by atoms with E-state index in [4.69, 9.17) is 0 Å². The van der Waals surface area contributed by atoms with E-state index >= 15 is 0 Å². The summed E-state index contributed by atoms with van der Waals surface area (Å²) >= 11 is 0. The molecule has 0 aromatic heterocycles. The molecule has 1 aliphatic heterocycles. The number of hydrogen-bond donors (Lipinski definition) is 1. The first-order valence-corrected chi connectivity index (χ1v) is 5.79. The fourth-order valence-corrected chi connectivity index (χ4v) is 2.21. The molecule has 0 bridgehead atoms. The first kappa shape index (κ1) is 12.2. The van der Waals surface area contributed by atoms with Crippen LogP contribution in [-0.2, 0) is 4.79 Å². The minimum absolute atomic E-state index is 0.0101. The van der Waals surface area contributed by atoms with Gasteiger partial charge in [0.15, 0.2) is 0 Å². The van der Waals surface area contributed by atoms with Crippen LogP contribution in [0, 0.1) is 0 Å². The van der Waals surface area contributed by atoms with Gasteiger partial charge in [-0.15, -0.1) is 0 Å². The molecule has 1 unspecified atom stereocenters. The molecule has 0 aromatic carbocycles. The van der Waals surface area contributed by atoms with Crippen LogP contribution in [0.1, 0.15) is 33.1 Å². The van der Waals surface area contributed by atoms with E-state index < -0.39 is 0 Å². The van der Waals surface area contributed by atoms with Crippen molar-refractivity contribution >= 4 is 5.91 Å². The van der Waals surface area contributed by atoms with E-state index in [1.807, 2.05) is 6.08 Å². The summed E-state index contributed by atoms with van der Waals surface area (Å²) in [6, 6.07) is 1.25. The first-order valence-electron chi connectivity index (χ1n) is 5.79. The minimum Gasteiger partial charge on any atom is -0.356 e. The smallest absolute Gasteiger partial charge is 0.243 e. The van der Waals surface area contributed by atoms with Gasteiger partial charge in [-0.2, -0.15) is 0 Å². The van der Waals surface area contributed by atoms with E-state index in [9.17, 15) is 4.79 Å². The van der Waals surface area contributed by atoms with E-state index in [2.05, 4.69) is 24.1 Å². The molecule has 1 atom stereocenters. The first-order chi connectivity index (χ1) is 7.15. The van der Waals surface area contributed by atoms with Crippen LogP contribution in [0.4, 0.5) is 0 Å². The summed E-state index contributed by atoms with van der Waals surface area (Å²) in [6.45, 7) is 5.68. The van der Waals surface area contributed by atoms with Gasteiger partial charge in [-0.25, -0.2) is 0 Å². The number of likely N-dealkylation sites (tertiary alicyclic amines) is 1. The van der Waals surface area contributed by atoms with Crippen molar-refractivity contribution in [1.29, 1.82) is 0 Å². The number of carbonyl (C=O) groups excluding carboxylic acids is 1. The molecule has 1 aliphatic rings. The standard InChI is InChI=1S/C12H22N2O/c1-10(2)14-9-5-7-11(14)6-4-8-12(15)13-3/h4,8,10-11H,5-7,9H2,1-3H3,(H,13,15)/b8-4+. The molecule has 3 heteroatoms. The van der Waals surface area contributed by atoms with Crippen LogP contribution >= 0.6 is 0 Å². The van der Waals surface area contributed by atoms with Crippen molar-refractivity contribution < 1.29 is 4.79 Å². The molecule has 1 rings (SSSR count). The fourth-order valence-electron chi connectivity index (χ4n) is 2.21. The maximum Gasteiger partial charge on any atom is 0.243 e. The molecule has 0 aliphatic carbocycles. The zero-order valence-corrected chi connectivity index (χ0v) is 9.99. The maximum atomic E-state index is 11.0. The van der Waals surface area contributed by atoms with Crippen LogP contribution < -0.4 is 5.32 Å². The molecule has 1 N–H and O–H groups in total. The van der Waals surface area contributed by atoms with Gasteiger partial charge in [-0.3, -0.25) is 9.69 Å². The number of amides is 1. The summed E-state index contributed by atoms with van der Waals surface area (Å²) in [6.07, 6.45) is 7.17. The van der Waals surface area contributed by atoms with Gasteiger partial charge in [0.25, 0.3) is 0 Å². The third kappa shape index (κ3) is 3.67. The normalized spacial score (nSPS) is 22.8. The van der Waals surface area contributed by atoms with Crippen molar-refractivity contribution in [2.24, 2.45) is 0 Å². The second-order valence-electron chi connectivity index (χ2n) is 4.38. The largest absolute Gasteiger partial charge is 0.356 e. The van der Waals surface area contributed by atoms with Gasteiger partial charge in [-0.05, 0) is 45.7 Å². The number of likely N-dealkylation sites (N-methyl/N-ethyl adjacent to an activating group) is 1. The Morgan fingerprint density at radius 3 is 2.93 bits per heavy atom. The maximum absolute atomic E-state index is 11.0. The van der Waals surface area contributed by atoms with Gasteiger partial charge in [-0.1, -0.05) is 6.08 Å². The van der Waals surface area contributed by atoms with Gasteiger partial charge >= 0.3 is 0 Å². The SMILES string of the molecule is CNC(=O)/C=C/CC1CCCN1C(C)C. The Labute approximate surface area is 92.5 Å². The van der Waals surface area contributed by atoms with Crippen LogP contribution in [0.2, 0.25) is 0 Å². The molecule has 0 saturated carbocycles. The summed E-state index contributed by atoms with van der Waals surface area (Å²) in [7, 11) is 1.66. The summed E-state index contributed by atoms with van der Waals surface area (Å²) in [4.78, 5) is 13.5. The van der Waals surface area contributed by atoms with Crippen molar-refractivity contribution in [3.63, 3.8) is 0 Å². The highest BCUT2D eigenvalue weighted by atomic mass is 16.1. The fraction of sp³-hybridized carbons (Fsp3) is 0.750. The summed E-state index contributed by atoms with van der Waals surface area (Å²) in [5.74, 6) is -0.0101. The monoisotopic (exact) mass is 210 g/mol. The second kappa shape index (κ2) is 5.91. The van der Waals surface area contributed by atoms with Crippen molar-refractivity contribution in [3.8, 4) is 0 Å². The van der Waals surface area contributed by atoms with Gasteiger partial charge in [0.1, 0.15) is 0 Å². The Bertz CT molecular complexity index is 236. The molecule has 1 heterocycles. The van der Waals surface area contributed by atoms with E-state index in [0.29, 0.717) is 12.1 Å². The number of hydrogen-bond acceptors (Lipinski definition) is 2. The van der Waals surface area contributed by atoms with E-state index in [-0.39, 0.29) is 5.91 Å². The molecule has 0 radical (unpaired) electrons. The Balaban J connectivity index is 2.37. The Hall–Kier alpha value is -0.830. The zero-order valence-electron chi connectivity index (χ0n) is 9.99. The lowest BCUT2D eigenvalue weighted by atomic mass is 10.1. The van der Waals surface area contributed by atoms with E-state index in [1.54, 1.807) is 13.1 Å². The molecule has 86 valence electrons. The number of nitrogens with one attached hydrogen (secondary N) is 1. The predicted octanol–water partition coefficient (Wildman–Crippen LogP) is 1.55. The summed E-state index contributed by atoms with van der Waals surface area (Å²) < 4.78 is 0. The van der Waals surface area contributed by atoms with Crippen LogP contribution in [-0.4, -0.2) is 36.5 Å². The molecule has 0 spiro atoms. The van der Waals surface area contributed by atoms with Gasteiger partial charge in [0.05, 0.1) is 0 Å². The lowest BCUT2D eigenvalue weighted by Gasteiger charge is -2.27. The lowest BCUT2D eigenvalue weighted by Crippen LogP contribution is -2.35. The average Bonchev–Trinajstić information content (AvgIpc) is 2.65. The molecule has 1 saturated heterocycles. The molecule has 1 amide bonds. The Morgan fingerprint density at radius 1 is 1.60 bits per heavy atom. The minimum atomic E-state index is -0.0101. The van der Waals surface area contributed by atoms with Gasteiger partial charge < -0.3 is 5.32 Å². The molecular weight excluding hydrogens is 188 g/mol. The molecular formula is C12H22N2O. The topological polar surface area (TPSA) is 32.3 Å². The van der Waals surface area contributed by atoms with Crippen LogP contribution in [0.3, 0.4) is 0 Å². The Kier molecular flexibility index (Phi) is 4.82. The van der Waals surface area contributed by atoms with E-state index in [0.717, 1.165) is 6.42 Å².